The first-order chi connectivity index (χ1) is 10.6. The van der Waals surface area contributed by atoms with Gasteiger partial charge in [-0.15, -0.1) is 0 Å². The highest BCUT2D eigenvalue weighted by molar-refractivity contribution is 9.10. The standard InChI is InChI=1S/C15H22BrFN4O/c16-13-3-2-12(10-14(13)17)11-20-15(18)19-4-1-5-21-6-8-22-9-7-21/h2-3,10H,1,4-9,11H2,(H3,18,19,20). The Balaban J connectivity index is 1.65. The monoisotopic (exact) mass is 372 g/mol. The van der Waals surface area contributed by atoms with Crippen molar-refractivity contribution in [1.29, 1.82) is 0 Å². The van der Waals surface area contributed by atoms with Crippen LogP contribution in [0.25, 0.3) is 0 Å². The second-order valence-electron chi connectivity index (χ2n) is 5.18. The summed E-state index contributed by atoms with van der Waals surface area (Å²) in [5, 5.41) is 3.09. The average molecular weight is 373 g/mol. The van der Waals surface area contributed by atoms with Crippen molar-refractivity contribution >= 4 is 21.9 Å². The third kappa shape index (κ3) is 5.90. The van der Waals surface area contributed by atoms with Crippen molar-refractivity contribution in [2.75, 3.05) is 39.4 Å². The average Bonchev–Trinajstić information content (AvgIpc) is 2.54. The van der Waals surface area contributed by atoms with E-state index in [9.17, 15) is 4.39 Å². The number of hydrogen-bond donors (Lipinski definition) is 2. The van der Waals surface area contributed by atoms with Crippen LogP contribution in [0.1, 0.15) is 12.0 Å². The summed E-state index contributed by atoms with van der Waals surface area (Å²) in [6.45, 7) is 5.81. The van der Waals surface area contributed by atoms with Gasteiger partial charge in [-0.1, -0.05) is 6.07 Å². The van der Waals surface area contributed by atoms with E-state index in [0.29, 0.717) is 17.0 Å². The van der Waals surface area contributed by atoms with Crippen LogP contribution in [-0.4, -0.2) is 50.3 Å². The van der Waals surface area contributed by atoms with Crippen molar-refractivity contribution in [3.05, 3.63) is 34.1 Å². The highest BCUT2D eigenvalue weighted by Crippen LogP contribution is 2.16. The number of aliphatic imine (C=N–C) groups is 1. The molecular formula is C15H22BrFN4O. The lowest BCUT2D eigenvalue weighted by Crippen LogP contribution is -2.39. The molecule has 22 heavy (non-hydrogen) atoms. The molecule has 1 fully saturated rings. The highest BCUT2D eigenvalue weighted by Gasteiger charge is 2.09. The summed E-state index contributed by atoms with van der Waals surface area (Å²) in [6, 6.07) is 4.95. The number of guanidine groups is 1. The maximum Gasteiger partial charge on any atom is 0.188 e. The van der Waals surface area contributed by atoms with E-state index in [-0.39, 0.29) is 5.82 Å². The second-order valence-corrected chi connectivity index (χ2v) is 6.04. The maximum absolute atomic E-state index is 13.4. The van der Waals surface area contributed by atoms with Gasteiger partial charge >= 0.3 is 0 Å². The first-order valence-corrected chi connectivity index (χ1v) is 8.22. The largest absolute Gasteiger partial charge is 0.379 e. The van der Waals surface area contributed by atoms with Gasteiger partial charge in [0.1, 0.15) is 5.82 Å². The van der Waals surface area contributed by atoms with Crippen LogP contribution in [0.15, 0.2) is 27.7 Å². The zero-order valence-corrected chi connectivity index (χ0v) is 14.1. The van der Waals surface area contributed by atoms with Gasteiger partial charge < -0.3 is 15.8 Å². The number of hydrogen-bond acceptors (Lipinski definition) is 3. The molecule has 122 valence electrons. The smallest absolute Gasteiger partial charge is 0.188 e. The van der Waals surface area contributed by atoms with Crippen molar-refractivity contribution in [2.24, 2.45) is 10.7 Å². The minimum atomic E-state index is -0.287. The Morgan fingerprint density at radius 2 is 2.18 bits per heavy atom. The summed E-state index contributed by atoms with van der Waals surface area (Å²) in [4.78, 5) is 6.60. The fraction of sp³-hybridized carbons (Fsp3) is 0.533. The van der Waals surface area contributed by atoms with Crippen LogP contribution in [0.3, 0.4) is 0 Å². The van der Waals surface area contributed by atoms with Crippen LogP contribution in [0, 0.1) is 5.82 Å². The fourth-order valence-corrected chi connectivity index (χ4v) is 2.46. The first kappa shape index (κ1) is 17.2. The van der Waals surface area contributed by atoms with Crippen molar-refractivity contribution in [2.45, 2.75) is 13.0 Å². The van der Waals surface area contributed by atoms with Crippen molar-refractivity contribution in [1.82, 2.24) is 10.2 Å². The Hall–Kier alpha value is -1.18. The molecule has 1 saturated heterocycles. The van der Waals surface area contributed by atoms with E-state index in [4.69, 9.17) is 10.5 Å². The van der Waals surface area contributed by atoms with Crippen molar-refractivity contribution in [3.63, 3.8) is 0 Å². The summed E-state index contributed by atoms with van der Waals surface area (Å²) in [5.41, 5.74) is 6.60. The van der Waals surface area contributed by atoms with Gasteiger partial charge in [-0.3, -0.25) is 4.90 Å². The van der Waals surface area contributed by atoms with Crippen molar-refractivity contribution < 1.29 is 9.13 Å². The van der Waals surface area contributed by atoms with Gasteiger partial charge in [0, 0.05) is 19.6 Å². The van der Waals surface area contributed by atoms with E-state index < -0.39 is 0 Å². The number of halogens is 2. The molecule has 0 atom stereocenters. The van der Waals surface area contributed by atoms with Crippen LogP contribution in [0.4, 0.5) is 4.39 Å². The van der Waals surface area contributed by atoms with E-state index in [0.717, 1.165) is 51.4 Å². The Labute approximate surface area is 138 Å². The molecule has 3 N–H and O–H groups in total. The molecule has 2 rings (SSSR count). The summed E-state index contributed by atoms with van der Waals surface area (Å²) in [7, 11) is 0. The van der Waals surface area contributed by atoms with Crippen molar-refractivity contribution in [3.8, 4) is 0 Å². The van der Waals surface area contributed by atoms with E-state index >= 15 is 0 Å². The van der Waals surface area contributed by atoms with Gasteiger partial charge in [-0.2, -0.15) is 0 Å². The third-order valence-corrected chi connectivity index (χ3v) is 4.12. The quantitative estimate of drug-likeness (QED) is 0.453. The topological polar surface area (TPSA) is 62.9 Å². The lowest BCUT2D eigenvalue weighted by Gasteiger charge is -2.26. The SMILES string of the molecule is NC(=NCc1ccc(Br)c(F)c1)NCCCN1CCOCC1. The van der Waals surface area contributed by atoms with E-state index in [1.165, 1.54) is 6.07 Å². The number of morpholine rings is 1. The number of ether oxygens (including phenoxy) is 1. The molecule has 0 spiro atoms. The molecule has 0 unspecified atom stereocenters. The highest BCUT2D eigenvalue weighted by atomic mass is 79.9. The molecule has 1 aromatic carbocycles. The van der Waals surface area contributed by atoms with Gasteiger partial charge in [-0.25, -0.2) is 9.38 Å². The Morgan fingerprint density at radius 1 is 1.41 bits per heavy atom. The number of rotatable bonds is 6. The molecular weight excluding hydrogens is 351 g/mol. The Kier molecular flexibility index (Phi) is 7.08. The molecule has 1 aromatic rings. The summed E-state index contributed by atoms with van der Waals surface area (Å²) >= 11 is 3.12. The predicted octanol–water partition coefficient (Wildman–Crippen LogP) is 1.71. The number of nitrogens with one attached hydrogen (secondary N) is 1. The first-order valence-electron chi connectivity index (χ1n) is 7.43. The zero-order chi connectivity index (χ0) is 15.8. The lowest BCUT2D eigenvalue weighted by atomic mass is 10.2. The maximum atomic E-state index is 13.4. The van der Waals surface area contributed by atoms with Crippen LogP contribution in [-0.2, 0) is 11.3 Å². The molecule has 0 amide bonds. The lowest BCUT2D eigenvalue weighted by molar-refractivity contribution is 0.0376. The van der Waals surface area contributed by atoms with Gasteiger partial charge in [0.05, 0.1) is 24.2 Å². The molecule has 1 aliphatic rings. The second kappa shape index (κ2) is 9.07. The van der Waals surface area contributed by atoms with Gasteiger partial charge in [0.2, 0.25) is 0 Å². The molecule has 0 aliphatic carbocycles. The third-order valence-electron chi connectivity index (χ3n) is 3.48. The van der Waals surface area contributed by atoms with Crippen LogP contribution < -0.4 is 11.1 Å². The number of nitrogens with two attached hydrogens (primary N) is 1. The molecule has 0 aromatic heterocycles. The van der Waals surface area contributed by atoms with Crippen LogP contribution in [0.2, 0.25) is 0 Å². The molecule has 0 bridgehead atoms. The normalized spacial score (nSPS) is 16.7. The fourth-order valence-electron chi connectivity index (χ4n) is 2.21. The number of nitrogens with zero attached hydrogens (tertiary/aromatic N) is 2. The molecule has 5 nitrogen and oxygen atoms in total. The molecule has 0 radical (unpaired) electrons. The summed E-state index contributed by atoms with van der Waals surface area (Å²) in [6.07, 6.45) is 1.00. The van der Waals surface area contributed by atoms with E-state index in [1.807, 2.05) is 6.07 Å². The van der Waals surface area contributed by atoms with Crippen LogP contribution in [0.5, 0.6) is 0 Å². The van der Waals surface area contributed by atoms with Crippen LogP contribution >= 0.6 is 15.9 Å². The van der Waals surface area contributed by atoms with E-state index in [1.54, 1.807) is 6.07 Å². The minimum absolute atomic E-state index is 0.287. The summed E-state index contributed by atoms with van der Waals surface area (Å²) < 4.78 is 19.1. The molecule has 0 saturated carbocycles. The molecule has 1 heterocycles. The van der Waals surface area contributed by atoms with Gasteiger partial charge in [0.15, 0.2) is 5.96 Å². The van der Waals surface area contributed by atoms with Gasteiger partial charge in [0.25, 0.3) is 0 Å². The van der Waals surface area contributed by atoms with E-state index in [2.05, 4.69) is 31.1 Å². The molecule has 1 aliphatic heterocycles. The molecule has 7 heteroatoms. The number of benzene rings is 1. The summed E-state index contributed by atoms with van der Waals surface area (Å²) in [5.74, 6) is 0.107. The minimum Gasteiger partial charge on any atom is -0.379 e. The Bertz CT molecular complexity index is 506. The van der Waals surface area contributed by atoms with Gasteiger partial charge in [-0.05, 0) is 46.6 Å². The zero-order valence-electron chi connectivity index (χ0n) is 12.5. The Morgan fingerprint density at radius 3 is 2.91 bits per heavy atom. The predicted molar refractivity (Wildman–Crippen MR) is 89.3 cm³/mol.